The lowest BCUT2D eigenvalue weighted by molar-refractivity contribution is 0.820. The fraction of sp³-hybridized carbons (Fsp3) is 0.467. The zero-order valence-electron chi connectivity index (χ0n) is 13.2. The van der Waals surface area contributed by atoms with E-state index in [0.717, 1.165) is 37.7 Å². The fourth-order valence-electron chi connectivity index (χ4n) is 1.86. The molecule has 0 saturated heterocycles. The maximum atomic E-state index is 4.65. The normalized spacial score (nSPS) is 11.1. The van der Waals surface area contributed by atoms with Gasteiger partial charge in [0.2, 0.25) is 0 Å². The molecule has 0 aliphatic rings. The predicted octanol–water partition coefficient (Wildman–Crippen LogP) is 3.95. The van der Waals surface area contributed by atoms with Crippen molar-refractivity contribution in [1.82, 2.24) is 15.6 Å². The molecule has 0 aliphatic carbocycles. The highest BCUT2D eigenvalue weighted by molar-refractivity contribution is 14.0. The standard InChI is InChI=1S/C15H22N4S2.HI/c1-4-12-6-7-13(21-12)8-17-15(16-5-2)18-9-14-11(3)19-10-20-14;/h6-7,10H,4-5,8-9H2,1-3H3,(H2,16,17,18);1H. The number of aromatic nitrogens is 1. The smallest absolute Gasteiger partial charge is 0.191 e. The largest absolute Gasteiger partial charge is 0.357 e. The van der Waals surface area contributed by atoms with E-state index in [9.17, 15) is 0 Å². The summed E-state index contributed by atoms with van der Waals surface area (Å²) in [4.78, 5) is 12.9. The molecule has 0 aromatic carbocycles. The molecular weight excluding hydrogens is 427 g/mol. The molecule has 122 valence electrons. The van der Waals surface area contributed by atoms with Crippen molar-refractivity contribution >= 4 is 52.6 Å². The number of halogens is 1. The fourth-order valence-corrected chi connectivity index (χ4v) is 3.46. The molecule has 0 atom stereocenters. The van der Waals surface area contributed by atoms with Crippen LogP contribution in [-0.2, 0) is 19.5 Å². The Bertz CT molecular complexity index is 592. The van der Waals surface area contributed by atoms with Crippen LogP contribution in [0, 0.1) is 6.92 Å². The van der Waals surface area contributed by atoms with E-state index in [1.54, 1.807) is 11.3 Å². The number of guanidine groups is 1. The third-order valence-electron chi connectivity index (χ3n) is 3.06. The first-order valence-corrected chi connectivity index (χ1v) is 8.91. The summed E-state index contributed by atoms with van der Waals surface area (Å²) >= 11 is 3.52. The molecule has 0 saturated carbocycles. The van der Waals surface area contributed by atoms with Gasteiger partial charge in [-0.25, -0.2) is 9.98 Å². The number of hydrogen-bond donors (Lipinski definition) is 2. The molecule has 0 amide bonds. The molecule has 0 aliphatic heterocycles. The molecule has 2 rings (SSSR count). The van der Waals surface area contributed by atoms with Gasteiger partial charge in [0.1, 0.15) is 0 Å². The van der Waals surface area contributed by atoms with Gasteiger partial charge in [-0.2, -0.15) is 0 Å². The van der Waals surface area contributed by atoms with E-state index in [1.807, 2.05) is 23.8 Å². The minimum atomic E-state index is 0. The number of hydrogen-bond acceptors (Lipinski definition) is 4. The van der Waals surface area contributed by atoms with Crippen molar-refractivity contribution in [2.45, 2.75) is 40.3 Å². The number of aliphatic imine (C=N–C) groups is 1. The van der Waals surface area contributed by atoms with Crippen molar-refractivity contribution in [3.05, 3.63) is 38.0 Å². The average Bonchev–Trinajstić information content (AvgIpc) is 3.11. The molecule has 4 nitrogen and oxygen atoms in total. The number of thiazole rings is 1. The van der Waals surface area contributed by atoms with E-state index in [4.69, 9.17) is 0 Å². The zero-order valence-corrected chi connectivity index (χ0v) is 17.1. The number of rotatable bonds is 6. The van der Waals surface area contributed by atoms with Crippen LogP contribution in [0.4, 0.5) is 0 Å². The van der Waals surface area contributed by atoms with Gasteiger partial charge in [-0.15, -0.1) is 46.7 Å². The van der Waals surface area contributed by atoms with Gasteiger partial charge in [-0.1, -0.05) is 6.92 Å². The molecule has 0 spiro atoms. The van der Waals surface area contributed by atoms with Crippen LogP contribution in [0.3, 0.4) is 0 Å². The minimum Gasteiger partial charge on any atom is -0.357 e. The SMILES string of the molecule is CCNC(=NCc1ccc(CC)s1)NCc1scnc1C.I. The quantitative estimate of drug-likeness (QED) is 0.398. The van der Waals surface area contributed by atoms with Gasteiger partial charge in [0, 0.05) is 21.2 Å². The van der Waals surface area contributed by atoms with Crippen molar-refractivity contribution < 1.29 is 0 Å². The summed E-state index contributed by atoms with van der Waals surface area (Å²) < 4.78 is 0. The topological polar surface area (TPSA) is 49.3 Å². The van der Waals surface area contributed by atoms with Crippen LogP contribution in [-0.4, -0.2) is 17.5 Å². The van der Waals surface area contributed by atoms with Gasteiger partial charge in [0.05, 0.1) is 24.3 Å². The molecule has 0 unspecified atom stereocenters. The summed E-state index contributed by atoms with van der Waals surface area (Å²) in [6.45, 7) is 8.65. The van der Waals surface area contributed by atoms with Crippen molar-refractivity contribution in [3.63, 3.8) is 0 Å². The predicted molar refractivity (Wildman–Crippen MR) is 108 cm³/mol. The second-order valence-electron chi connectivity index (χ2n) is 4.63. The maximum Gasteiger partial charge on any atom is 0.191 e. The Labute approximate surface area is 157 Å². The summed E-state index contributed by atoms with van der Waals surface area (Å²) in [5.41, 5.74) is 2.98. The first kappa shape index (κ1) is 19.4. The summed E-state index contributed by atoms with van der Waals surface area (Å²) in [5, 5.41) is 6.65. The number of nitrogens with zero attached hydrogens (tertiary/aromatic N) is 2. The van der Waals surface area contributed by atoms with E-state index in [1.165, 1.54) is 14.6 Å². The van der Waals surface area contributed by atoms with E-state index in [0.29, 0.717) is 0 Å². The highest BCUT2D eigenvalue weighted by Gasteiger charge is 2.04. The monoisotopic (exact) mass is 450 g/mol. The molecule has 2 heterocycles. The molecule has 0 fully saturated rings. The molecule has 2 aromatic heterocycles. The lowest BCUT2D eigenvalue weighted by atomic mass is 10.4. The van der Waals surface area contributed by atoms with Crippen molar-refractivity contribution in [2.24, 2.45) is 4.99 Å². The van der Waals surface area contributed by atoms with Crippen LogP contribution >= 0.6 is 46.7 Å². The Morgan fingerprint density at radius 1 is 1.23 bits per heavy atom. The lowest BCUT2D eigenvalue weighted by Gasteiger charge is -2.10. The molecule has 0 radical (unpaired) electrons. The van der Waals surface area contributed by atoms with Crippen LogP contribution in [0.25, 0.3) is 0 Å². The summed E-state index contributed by atoms with van der Waals surface area (Å²) in [7, 11) is 0. The van der Waals surface area contributed by atoms with Crippen molar-refractivity contribution in [1.29, 1.82) is 0 Å². The zero-order chi connectivity index (χ0) is 15.1. The second kappa shape index (κ2) is 10.2. The van der Waals surface area contributed by atoms with Crippen LogP contribution in [0.15, 0.2) is 22.6 Å². The molecular formula is C15H23IN4S2. The number of aryl methyl sites for hydroxylation is 2. The maximum absolute atomic E-state index is 4.65. The highest BCUT2D eigenvalue weighted by atomic mass is 127. The van der Waals surface area contributed by atoms with Gasteiger partial charge in [0.25, 0.3) is 0 Å². The Balaban J connectivity index is 0.00000242. The Hall–Kier alpha value is -0.670. The van der Waals surface area contributed by atoms with Crippen LogP contribution in [0.5, 0.6) is 0 Å². The van der Waals surface area contributed by atoms with Gasteiger partial charge in [-0.05, 0) is 32.4 Å². The third-order valence-corrected chi connectivity index (χ3v) is 5.21. The molecule has 0 bridgehead atoms. The first-order valence-electron chi connectivity index (χ1n) is 7.21. The molecule has 22 heavy (non-hydrogen) atoms. The average molecular weight is 450 g/mol. The highest BCUT2D eigenvalue weighted by Crippen LogP contribution is 2.17. The molecule has 7 heteroatoms. The van der Waals surface area contributed by atoms with E-state index in [-0.39, 0.29) is 24.0 Å². The summed E-state index contributed by atoms with van der Waals surface area (Å²) in [5.74, 6) is 0.858. The van der Waals surface area contributed by atoms with Gasteiger partial charge in [0.15, 0.2) is 5.96 Å². The van der Waals surface area contributed by atoms with Gasteiger partial charge >= 0.3 is 0 Å². The van der Waals surface area contributed by atoms with E-state index in [2.05, 4.69) is 46.6 Å². The molecule has 2 aromatic rings. The third kappa shape index (κ3) is 5.85. The van der Waals surface area contributed by atoms with Gasteiger partial charge < -0.3 is 10.6 Å². The molecule has 2 N–H and O–H groups in total. The van der Waals surface area contributed by atoms with Crippen molar-refractivity contribution in [3.8, 4) is 0 Å². The summed E-state index contributed by atoms with van der Waals surface area (Å²) in [6.07, 6.45) is 1.09. The van der Waals surface area contributed by atoms with E-state index >= 15 is 0 Å². The Morgan fingerprint density at radius 2 is 2.00 bits per heavy atom. The lowest BCUT2D eigenvalue weighted by Crippen LogP contribution is -2.36. The van der Waals surface area contributed by atoms with Crippen LogP contribution in [0.2, 0.25) is 0 Å². The Morgan fingerprint density at radius 3 is 2.59 bits per heavy atom. The first-order chi connectivity index (χ1) is 10.2. The van der Waals surface area contributed by atoms with E-state index < -0.39 is 0 Å². The van der Waals surface area contributed by atoms with Gasteiger partial charge in [-0.3, -0.25) is 0 Å². The minimum absolute atomic E-state index is 0. The number of nitrogens with one attached hydrogen (secondary N) is 2. The van der Waals surface area contributed by atoms with Crippen LogP contribution < -0.4 is 10.6 Å². The van der Waals surface area contributed by atoms with Crippen molar-refractivity contribution in [2.75, 3.05) is 6.54 Å². The number of thiophene rings is 1. The summed E-state index contributed by atoms with van der Waals surface area (Å²) in [6, 6.07) is 4.36. The second-order valence-corrected chi connectivity index (χ2v) is 6.82. The van der Waals surface area contributed by atoms with Crippen LogP contribution in [0.1, 0.15) is 34.2 Å². The Kier molecular flexibility index (Phi) is 8.96.